The SMILES string of the molecule is CCC.N#CCCn1c(CCC=O)nc2ccccc21. The number of carbonyl (C=O) groups is 1. The first kappa shape index (κ1) is 15.9. The lowest BCUT2D eigenvalue weighted by molar-refractivity contribution is -0.107. The van der Waals surface area contributed by atoms with E-state index in [2.05, 4.69) is 24.9 Å². The molecule has 2 rings (SSSR count). The lowest BCUT2D eigenvalue weighted by Crippen LogP contribution is -2.04. The third-order valence-electron chi connectivity index (χ3n) is 2.67. The molecular weight excluding hydrogens is 250 g/mol. The first-order chi connectivity index (χ1) is 9.78. The van der Waals surface area contributed by atoms with Crippen molar-refractivity contribution in [2.24, 2.45) is 0 Å². The molecule has 2 aromatic rings. The highest BCUT2D eigenvalue weighted by atomic mass is 16.1. The standard InChI is InChI=1S/C13H13N3O.C3H8/c14-8-4-9-16-12-6-2-1-5-11(12)15-13(16)7-3-10-17;1-3-2/h1-2,5-6,10H,3-4,7,9H2;3H2,1-2H3. The molecule has 0 spiro atoms. The number of aromatic nitrogens is 2. The van der Waals surface area contributed by atoms with E-state index in [9.17, 15) is 4.79 Å². The fourth-order valence-corrected chi connectivity index (χ4v) is 1.92. The number of carbonyl (C=O) groups excluding carboxylic acids is 1. The molecule has 0 aliphatic carbocycles. The lowest BCUT2D eigenvalue weighted by Gasteiger charge is -2.05. The maximum Gasteiger partial charge on any atom is 0.120 e. The van der Waals surface area contributed by atoms with Gasteiger partial charge in [0.1, 0.15) is 12.1 Å². The second-order valence-corrected chi connectivity index (χ2v) is 4.49. The molecule has 0 N–H and O–H groups in total. The first-order valence-electron chi connectivity index (χ1n) is 7.03. The molecule has 1 heterocycles. The summed E-state index contributed by atoms with van der Waals surface area (Å²) in [6, 6.07) is 9.97. The number of hydrogen-bond acceptors (Lipinski definition) is 3. The Labute approximate surface area is 120 Å². The topological polar surface area (TPSA) is 58.7 Å². The highest BCUT2D eigenvalue weighted by molar-refractivity contribution is 5.76. The molecule has 1 aromatic heterocycles. The van der Waals surface area contributed by atoms with Crippen LogP contribution in [-0.4, -0.2) is 15.8 Å². The zero-order valence-corrected chi connectivity index (χ0v) is 12.2. The summed E-state index contributed by atoms with van der Waals surface area (Å²) in [5.74, 6) is 0.883. The number of para-hydroxylation sites is 2. The minimum atomic E-state index is 0.453. The molecular formula is C16H21N3O. The predicted molar refractivity (Wildman–Crippen MR) is 80.3 cm³/mol. The van der Waals surface area contributed by atoms with Gasteiger partial charge < -0.3 is 9.36 Å². The quantitative estimate of drug-likeness (QED) is 0.782. The number of aldehydes is 1. The van der Waals surface area contributed by atoms with Gasteiger partial charge in [0.05, 0.1) is 23.5 Å². The van der Waals surface area contributed by atoms with Gasteiger partial charge in [0.25, 0.3) is 0 Å². The largest absolute Gasteiger partial charge is 0.327 e. The van der Waals surface area contributed by atoms with Crippen LogP contribution in [-0.2, 0) is 17.8 Å². The molecule has 0 saturated carbocycles. The molecule has 4 nitrogen and oxygen atoms in total. The van der Waals surface area contributed by atoms with Crippen LogP contribution in [0.4, 0.5) is 0 Å². The molecule has 0 aliphatic rings. The van der Waals surface area contributed by atoms with Crippen molar-refractivity contribution in [2.45, 2.75) is 46.1 Å². The monoisotopic (exact) mass is 271 g/mol. The maximum atomic E-state index is 10.4. The third-order valence-corrected chi connectivity index (χ3v) is 2.67. The minimum Gasteiger partial charge on any atom is -0.327 e. The molecule has 0 radical (unpaired) electrons. The summed E-state index contributed by atoms with van der Waals surface area (Å²) in [7, 11) is 0. The van der Waals surface area contributed by atoms with Gasteiger partial charge in [0.15, 0.2) is 0 Å². The van der Waals surface area contributed by atoms with Crippen LogP contribution in [0, 0.1) is 11.3 Å². The van der Waals surface area contributed by atoms with E-state index in [-0.39, 0.29) is 0 Å². The average Bonchev–Trinajstić information content (AvgIpc) is 2.81. The zero-order chi connectivity index (χ0) is 14.8. The second-order valence-electron chi connectivity index (χ2n) is 4.49. The summed E-state index contributed by atoms with van der Waals surface area (Å²) in [6.45, 7) is 4.88. The van der Waals surface area contributed by atoms with E-state index in [0.29, 0.717) is 25.8 Å². The molecule has 0 unspecified atom stereocenters. The number of aryl methyl sites for hydroxylation is 2. The van der Waals surface area contributed by atoms with Crippen LogP contribution in [0.15, 0.2) is 24.3 Å². The summed E-state index contributed by atoms with van der Waals surface area (Å²) in [5.41, 5.74) is 1.95. The zero-order valence-electron chi connectivity index (χ0n) is 12.2. The van der Waals surface area contributed by atoms with Crippen molar-refractivity contribution in [3.8, 4) is 6.07 Å². The second kappa shape index (κ2) is 8.87. The van der Waals surface area contributed by atoms with E-state index >= 15 is 0 Å². The van der Waals surface area contributed by atoms with Crippen LogP contribution in [0.3, 0.4) is 0 Å². The number of imidazole rings is 1. The molecule has 0 atom stereocenters. The van der Waals surface area contributed by atoms with Crippen molar-refractivity contribution in [1.82, 2.24) is 9.55 Å². The molecule has 0 amide bonds. The maximum absolute atomic E-state index is 10.4. The lowest BCUT2D eigenvalue weighted by atomic mass is 10.3. The summed E-state index contributed by atoms with van der Waals surface area (Å²) in [5, 5.41) is 8.66. The van der Waals surface area contributed by atoms with Crippen LogP contribution >= 0.6 is 0 Å². The van der Waals surface area contributed by atoms with Crippen LogP contribution in [0.2, 0.25) is 0 Å². The molecule has 20 heavy (non-hydrogen) atoms. The van der Waals surface area contributed by atoms with E-state index in [1.165, 1.54) is 6.42 Å². The first-order valence-corrected chi connectivity index (χ1v) is 7.03. The number of hydrogen-bond donors (Lipinski definition) is 0. The number of nitrogens with zero attached hydrogens (tertiary/aromatic N) is 3. The van der Waals surface area contributed by atoms with Crippen LogP contribution < -0.4 is 0 Å². The molecule has 0 aliphatic heterocycles. The van der Waals surface area contributed by atoms with Crippen LogP contribution in [0.25, 0.3) is 11.0 Å². The Hall–Kier alpha value is -2.15. The smallest absolute Gasteiger partial charge is 0.120 e. The summed E-state index contributed by atoms with van der Waals surface area (Å²) < 4.78 is 2.03. The van der Waals surface area contributed by atoms with Gasteiger partial charge in [-0.15, -0.1) is 0 Å². The molecule has 0 fully saturated rings. The van der Waals surface area contributed by atoms with Gasteiger partial charge in [0, 0.05) is 19.4 Å². The number of nitriles is 1. The molecule has 1 aromatic carbocycles. The summed E-state index contributed by atoms with van der Waals surface area (Å²) >= 11 is 0. The van der Waals surface area contributed by atoms with Crippen LogP contribution in [0.5, 0.6) is 0 Å². The fourth-order valence-electron chi connectivity index (χ4n) is 1.92. The van der Waals surface area contributed by atoms with E-state index in [1.54, 1.807) is 0 Å². The Kier molecular flexibility index (Phi) is 7.05. The average molecular weight is 271 g/mol. The Morgan fingerprint density at radius 2 is 2.05 bits per heavy atom. The van der Waals surface area contributed by atoms with Gasteiger partial charge in [-0.1, -0.05) is 32.4 Å². The molecule has 4 heteroatoms. The van der Waals surface area contributed by atoms with Gasteiger partial charge >= 0.3 is 0 Å². The Balaban J connectivity index is 0.000000612. The molecule has 106 valence electrons. The fraction of sp³-hybridized carbons (Fsp3) is 0.438. The highest BCUT2D eigenvalue weighted by Gasteiger charge is 2.09. The van der Waals surface area contributed by atoms with Crippen molar-refractivity contribution >= 4 is 17.3 Å². The van der Waals surface area contributed by atoms with Crippen molar-refractivity contribution in [2.75, 3.05) is 0 Å². The van der Waals surface area contributed by atoms with Crippen molar-refractivity contribution in [1.29, 1.82) is 5.26 Å². The van der Waals surface area contributed by atoms with Gasteiger partial charge in [0.2, 0.25) is 0 Å². The number of rotatable bonds is 5. The van der Waals surface area contributed by atoms with E-state index < -0.39 is 0 Å². The number of benzene rings is 1. The number of fused-ring (bicyclic) bond motifs is 1. The summed E-state index contributed by atoms with van der Waals surface area (Å²) in [4.78, 5) is 14.9. The van der Waals surface area contributed by atoms with Gasteiger partial charge in [-0.3, -0.25) is 0 Å². The van der Waals surface area contributed by atoms with Gasteiger partial charge in [-0.25, -0.2) is 4.98 Å². The van der Waals surface area contributed by atoms with Crippen molar-refractivity contribution in [3.05, 3.63) is 30.1 Å². The van der Waals surface area contributed by atoms with Crippen molar-refractivity contribution in [3.63, 3.8) is 0 Å². The predicted octanol–water partition coefficient (Wildman–Crippen LogP) is 3.50. The van der Waals surface area contributed by atoms with Crippen molar-refractivity contribution < 1.29 is 4.79 Å². The normalized spacial score (nSPS) is 9.65. The summed E-state index contributed by atoms with van der Waals surface area (Å²) in [6.07, 6.45) is 3.70. The Bertz CT molecular complexity index is 581. The van der Waals surface area contributed by atoms with E-state index in [1.807, 2.05) is 28.8 Å². The highest BCUT2D eigenvalue weighted by Crippen LogP contribution is 2.17. The van der Waals surface area contributed by atoms with E-state index in [4.69, 9.17) is 5.26 Å². The van der Waals surface area contributed by atoms with Gasteiger partial charge in [-0.05, 0) is 12.1 Å². The molecule has 0 saturated heterocycles. The van der Waals surface area contributed by atoms with Crippen LogP contribution in [0.1, 0.15) is 38.9 Å². The minimum absolute atomic E-state index is 0.453. The Morgan fingerprint density at radius 1 is 1.35 bits per heavy atom. The Morgan fingerprint density at radius 3 is 2.70 bits per heavy atom. The van der Waals surface area contributed by atoms with E-state index in [0.717, 1.165) is 23.1 Å². The molecule has 0 bridgehead atoms. The van der Waals surface area contributed by atoms with Gasteiger partial charge in [-0.2, -0.15) is 5.26 Å². The third kappa shape index (κ3) is 4.20.